The maximum Gasteiger partial charge on any atom is 0.353 e. The van der Waals surface area contributed by atoms with Gasteiger partial charge in [0.1, 0.15) is 5.70 Å². The molecule has 1 fully saturated rings. The first-order valence-corrected chi connectivity index (χ1v) is 6.19. The molecule has 0 aromatic heterocycles. The average Bonchev–Trinajstić information content (AvgIpc) is 2.48. The SMILES string of the molecule is CC(C)[C@@]1(C)C(=O)N2C(C(=O)O)=C(S)[C@H](C)[C@@H]21. The van der Waals surface area contributed by atoms with E-state index in [0.717, 1.165) is 0 Å². The molecule has 1 saturated heterocycles. The van der Waals surface area contributed by atoms with Crippen LogP contribution in [0.15, 0.2) is 10.6 Å². The molecule has 1 amide bonds. The molecule has 2 aliphatic heterocycles. The molecule has 4 nitrogen and oxygen atoms in total. The Morgan fingerprint density at radius 1 is 1.53 bits per heavy atom. The maximum absolute atomic E-state index is 12.2. The predicted octanol–water partition coefficient (Wildman–Crippen LogP) is 1.74. The lowest BCUT2D eigenvalue weighted by atomic mass is 9.62. The third-order valence-corrected chi connectivity index (χ3v) is 4.98. The van der Waals surface area contributed by atoms with E-state index in [-0.39, 0.29) is 29.5 Å². The molecule has 2 heterocycles. The van der Waals surface area contributed by atoms with Crippen LogP contribution in [-0.4, -0.2) is 27.9 Å². The highest BCUT2D eigenvalue weighted by molar-refractivity contribution is 7.84. The van der Waals surface area contributed by atoms with Gasteiger partial charge in [-0.2, -0.15) is 0 Å². The van der Waals surface area contributed by atoms with Gasteiger partial charge in [0.05, 0.1) is 11.5 Å². The zero-order valence-electron chi connectivity index (χ0n) is 10.4. The van der Waals surface area contributed by atoms with Crippen LogP contribution in [0.3, 0.4) is 0 Å². The second-order valence-corrected chi connectivity index (χ2v) is 5.87. The van der Waals surface area contributed by atoms with Crippen LogP contribution in [0.2, 0.25) is 0 Å². The molecular formula is C12H17NO3S. The summed E-state index contributed by atoms with van der Waals surface area (Å²) < 4.78 is 0. The van der Waals surface area contributed by atoms with E-state index in [9.17, 15) is 9.59 Å². The van der Waals surface area contributed by atoms with Gasteiger partial charge < -0.3 is 10.0 Å². The monoisotopic (exact) mass is 255 g/mol. The van der Waals surface area contributed by atoms with Gasteiger partial charge in [-0.1, -0.05) is 20.8 Å². The molecule has 0 aliphatic carbocycles. The number of amides is 1. The molecule has 0 radical (unpaired) electrons. The normalized spacial score (nSPS) is 36.4. The molecule has 0 bridgehead atoms. The molecule has 2 aliphatic rings. The zero-order valence-corrected chi connectivity index (χ0v) is 11.3. The number of nitrogens with zero attached hydrogens (tertiary/aromatic N) is 1. The number of hydrogen-bond acceptors (Lipinski definition) is 3. The number of hydrogen-bond donors (Lipinski definition) is 2. The summed E-state index contributed by atoms with van der Waals surface area (Å²) in [6.07, 6.45) is 0. The van der Waals surface area contributed by atoms with Crippen molar-refractivity contribution in [1.82, 2.24) is 4.90 Å². The van der Waals surface area contributed by atoms with E-state index < -0.39 is 11.4 Å². The summed E-state index contributed by atoms with van der Waals surface area (Å²) in [5.74, 6) is -0.975. The van der Waals surface area contributed by atoms with E-state index >= 15 is 0 Å². The van der Waals surface area contributed by atoms with Crippen LogP contribution in [0.5, 0.6) is 0 Å². The van der Waals surface area contributed by atoms with E-state index in [4.69, 9.17) is 5.11 Å². The topological polar surface area (TPSA) is 57.6 Å². The molecule has 0 aromatic rings. The van der Waals surface area contributed by atoms with Gasteiger partial charge in [0.25, 0.3) is 0 Å². The van der Waals surface area contributed by atoms with E-state index in [1.54, 1.807) is 0 Å². The van der Waals surface area contributed by atoms with Crippen molar-refractivity contribution in [3.8, 4) is 0 Å². The first-order valence-electron chi connectivity index (χ1n) is 5.74. The van der Waals surface area contributed by atoms with Crippen LogP contribution in [0.1, 0.15) is 27.7 Å². The lowest BCUT2D eigenvalue weighted by Gasteiger charge is -2.55. The number of aliphatic carboxylic acids is 1. The number of β-lactam (4-membered cyclic amide) rings is 1. The van der Waals surface area contributed by atoms with Gasteiger partial charge in [0.15, 0.2) is 0 Å². The van der Waals surface area contributed by atoms with Crippen molar-refractivity contribution in [2.75, 3.05) is 0 Å². The molecule has 0 spiro atoms. The van der Waals surface area contributed by atoms with Crippen molar-refractivity contribution >= 4 is 24.5 Å². The van der Waals surface area contributed by atoms with Crippen molar-refractivity contribution < 1.29 is 14.7 Å². The van der Waals surface area contributed by atoms with Gasteiger partial charge >= 0.3 is 5.97 Å². The number of thiol groups is 1. The lowest BCUT2D eigenvalue weighted by Crippen LogP contribution is -2.69. The third-order valence-electron chi connectivity index (χ3n) is 4.36. The van der Waals surface area contributed by atoms with Gasteiger partial charge in [0.2, 0.25) is 5.91 Å². The molecule has 17 heavy (non-hydrogen) atoms. The van der Waals surface area contributed by atoms with Crippen molar-refractivity contribution in [1.29, 1.82) is 0 Å². The highest BCUT2D eigenvalue weighted by Crippen LogP contribution is 2.56. The van der Waals surface area contributed by atoms with E-state index in [1.165, 1.54) is 4.90 Å². The summed E-state index contributed by atoms with van der Waals surface area (Å²) in [5, 5.41) is 9.15. The van der Waals surface area contributed by atoms with E-state index in [1.807, 2.05) is 27.7 Å². The van der Waals surface area contributed by atoms with Gasteiger partial charge in [-0.15, -0.1) is 12.6 Å². The van der Waals surface area contributed by atoms with Gasteiger partial charge in [0, 0.05) is 10.8 Å². The zero-order chi connectivity index (χ0) is 13.1. The number of carboxylic acid groups (broad SMARTS) is 1. The summed E-state index contributed by atoms with van der Waals surface area (Å²) in [6, 6.07) is -0.0615. The molecule has 94 valence electrons. The lowest BCUT2D eigenvalue weighted by molar-refractivity contribution is -0.174. The Morgan fingerprint density at radius 3 is 2.47 bits per heavy atom. The van der Waals surface area contributed by atoms with Crippen molar-refractivity contribution in [3.63, 3.8) is 0 Å². The molecule has 0 unspecified atom stereocenters. The maximum atomic E-state index is 12.2. The summed E-state index contributed by atoms with van der Waals surface area (Å²) in [7, 11) is 0. The Balaban J connectivity index is 2.45. The standard InChI is InChI=1S/C12H17NO3S/c1-5(2)12(4)9-6(3)8(17)7(10(14)15)13(9)11(12)16/h5-6,9,17H,1-4H3,(H,14,15)/t6-,9+,12+/m0/s1. The molecule has 2 rings (SSSR count). The molecular weight excluding hydrogens is 238 g/mol. The number of rotatable bonds is 2. The van der Waals surface area contributed by atoms with Crippen molar-refractivity contribution in [2.24, 2.45) is 17.3 Å². The Bertz CT molecular complexity index is 443. The van der Waals surface area contributed by atoms with Gasteiger partial charge in [-0.25, -0.2) is 4.79 Å². The highest BCUT2D eigenvalue weighted by Gasteiger charge is 2.66. The van der Waals surface area contributed by atoms with Crippen molar-refractivity contribution in [2.45, 2.75) is 33.7 Å². The molecule has 1 N–H and O–H groups in total. The smallest absolute Gasteiger partial charge is 0.353 e. The number of carbonyl (C=O) groups is 2. The Hall–Kier alpha value is -0.970. The summed E-state index contributed by atoms with van der Waals surface area (Å²) in [6.45, 7) is 7.85. The van der Waals surface area contributed by atoms with Crippen LogP contribution in [0.25, 0.3) is 0 Å². The van der Waals surface area contributed by atoms with Crippen LogP contribution in [0, 0.1) is 17.3 Å². The second-order valence-electron chi connectivity index (χ2n) is 5.39. The Morgan fingerprint density at radius 2 is 2.06 bits per heavy atom. The van der Waals surface area contributed by atoms with Crippen LogP contribution in [-0.2, 0) is 9.59 Å². The minimum Gasteiger partial charge on any atom is -0.477 e. The summed E-state index contributed by atoms with van der Waals surface area (Å²) in [4.78, 5) is 25.3. The molecule has 3 atom stereocenters. The average molecular weight is 255 g/mol. The third kappa shape index (κ3) is 1.26. The Kier molecular flexibility index (Phi) is 2.58. The summed E-state index contributed by atoms with van der Waals surface area (Å²) >= 11 is 4.27. The fourth-order valence-corrected chi connectivity index (χ4v) is 3.33. The minimum absolute atomic E-state index is 0.00506. The first kappa shape index (κ1) is 12.5. The second kappa shape index (κ2) is 3.51. The van der Waals surface area contributed by atoms with Crippen molar-refractivity contribution in [3.05, 3.63) is 10.6 Å². The highest BCUT2D eigenvalue weighted by atomic mass is 32.1. The largest absolute Gasteiger partial charge is 0.477 e. The van der Waals surface area contributed by atoms with Gasteiger partial charge in [-0.3, -0.25) is 4.79 Å². The number of carbonyl (C=O) groups excluding carboxylic acids is 1. The molecule has 5 heteroatoms. The van der Waals surface area contributed by atoms with Crippen LogP contribution >= 0.6 is 12.6 Å². The summed E-state index contributed by atoms with van der Waals surface area (Å²) in [5.41, 5.74) is -0.404. The van der Waals surface area contributed by atoms with E-state index in [2.05, 4.69) is 12.6 Å². The number of fused-ring (bicyclic) bond motifs is 1. The first-order chi connectivity index (χ1) is 7.74. The fraction of sp³-hybridized carbons (Fsp3) is 0.667. The molecule has 0 aromatic carbocycles. The quantitative estimate of drug-likeness (QED) is 0.583. The van der Waals surface area contributed by atoms with Gasteiger partial charge in [-0.05, 0) is 12.8 Å². The van der Waals surface area contributed by atoms with E-state index in [0.29, 0.717) is 4.91 Å². The minimum atomic E-state index is -1.07. The molecule has 0 saturated carbocycles. The predicted molar refractivity (Wildman–Crippen MR) is 66.4 cm³/mol. The Labute approximate surface area is 106 Å². The number of carboxylic acids is 1. The van der Waals surface area contributed by atoms with Crippen LogP contribution in [0.4, 0.5) is 0 Å². The van der Waals surface area contributed by atoms with Crippen LogP contribution < -0.4 is 0 Å². The fourth-order valence-electron chi connectivity index (χ4n) is 2.99.